The second kappa shape index (κ2) is 7.34. The number of amides is 2. The molecule has 0 saturated carbocycles. The Labute approximate surface area is 143 Å². The van der Waals surface area contributed by atoms with Gasteiger partial charge in [-0.3, -0.25) is 9.59 Å². The predicted octanol–water partition coefficient (Wildman–Crippen LogP) is 1.78. The number of carbonyl (C=O) groups is 2. The molecular formula is C17H24N2O4S. The second-order valence-corrected chi connectivity index (χ2v) is 8.57. The number of hydrogen-bond acceptors (Lipinski definition) is 4. The van der Waals surface area contributed by atoms with E-state index in [1.54, 1.807) is 19.1 Å². The molecule has 1 aliphatic heterocycles. The number of nitrogens with one attached hydrogen (secondary N) is 1. The minimum absolute atomic E-state index is 0.0670. The van der Waals surface area contributed by atoms with Gasteiger partial charge in [-0.15, -0.1) is 0 Å². The van der Waals surface area contributed by atoms with E-state index in [0.29, 0.717) is 18.7 Å². The van der Waals surface area contributed by atoms with Crippen LogP contribution < -0.4 is 5.32 Å². The minimum Gasteiger partial charge on any atom is -0.331 e. The Morgan fingerprint density at radius 2 is 1.96 bits per heavy atom. The van der Waals surface area contributed by atoms with Crippen LogP contribution in [0.4, 0.5) is 5.69 Å². The van der Waals surface area contributed by atoms with Crippen molar-refractivity contribution in [2.45, 2.75) is 39.2 Å². The average Bonchev–Trinajstić information content (AvgIpc) is 2.88. The van der Waals surface area contributed by atoms with E-state index in [1.807, 2.05) is 26.0 Å². The Morgan fingerprint density at radius 1 is 1.29 bits per heavy atom. The summed E-state index contributed by atoms with van der Waals surface area (Å²) in [7, 11) is -3.11. The molecule has 0 aliphatic carbocycles. The largest absolute Gasteiger partial charge is 0.331 e. The first-order valence-electron chi connectivity index (χ1n) is 8.16. The second-order valence-electron chi connectivity index (χ2n) is 6.34. The number of carbonyl (C=O) groups excluding carboxylic acids is 2. The van der Waals surface area contributed by atoms with Crippen LogP contribution in [0.15, 0.2) is 24.3 Å². The molecular weight excluding hydrogens is 328 g/mol. The summed E-state index contributed by atoms with van der Waals surface area (Å²) in [5.74, 6) is -1.20. The summed E-state index contributed by atoms with van der Waals surface area (Å²) in [6.45, 7) is 6.07. The lowest BCUT2D eigenvalue weighted by atomic mass is 10.0. The van der Waals surface area contributed by atoms with Crippen molar-refractivity contribution in [3.8, 4) is 0 Å². The quantitative estimate of drug-likeness (QED) is 0.837. The Bertz CT molecular complexity index is 728. The van der Waals surface area contributed by atoms with Gasteiger partial charge in [0.25, 0.3) is 0 Å². The molecule has 0 spiro atoms. The predicted molar refractivity (Wildman–Crippen MR) is 93.6 cm³/mol. The van der Waals surface area contributed by atoms with Gasteiger partial charge in [0, 0.05) is 18.3 Å². The molecule has 6 nitrogen and oxygen atoms in total. The molecule has 2 rings (SSSR count). The van der Waals surface area contributed by atoms with Gasteiger partial charge in [0.2, 0.25) is 0 Å². The van der Waals surface area contributed by atoms with Gasteiger partial charge in [0.05, 0.1) is 11.5 Å². The minimum atomic E-state index is -3.11. The van der Waals surface area contributed by atoms with Crippen LogP contribution in [-0.2, 0) is 19.4 Å². The lowest BCUT2D eigenvalue weighted by Crippen LogP contribution is -2.46. The van der Waals surface area contributed by atoms with Crippen LogP contribution >= 0.6 is 0 Å². The van der Waals surface area contributed by atoms with Crippen molar-refractivity contribution in [3.05, 3.63) is 29.8 Å². The fourth-order valence-electron chi connectivity index (χ4n) is 3.01. The van der Waals surface area contributed by atoms with Gasteiger partial charge in [-0.1, -0.05) is 32.0 Å². The van der Waals surface area contributed by atoms with Gasteiger partial charge in [-0.25, -0.2) is 8.42 Å². The molecule has 1 heterocycles. The van der Waals surface area contributed by atoms with Crippen LogP contribution in [0.5, 0.6) is 0 Å². The maximum atomic E-state index is 12.5. The molecule has 1 atom stereocenters. The highest BCUT2D eigenvalue weighted by Crippen LogP contribution is 2.24. The number of nitrogens with zero attached hydrogens (tertiary/aromatic N) is 1. The van der Waals surface area contributed by atoms with E-state index >= 15 is 0 Å². The highest BCUT2D eigenvalue weighted by Gasteiger charge is 2.36. The molecule has 1 aliphatic rings. The highest BCUT2D eigenvalue weighted by atomic mass is 32.2. The number of likely N-dealkylation sites (N-methyl/N-ethyl adjacent to an activating group) is 1. The van der Waals surface area contributed by atoms with Crippen LogP contribution in [0.3, 0.4) is 0 Å². The number of rotatable bonds is 4. The first kappa shape index (κ1) is 18.4. The normalized spacial score (nSPS) is 19.2. The molecule has 7 heteroatoms. The van der Waals surface area contributed by atoms with E-state index in [9.17, 15) is 18.0 Å². The molecule has 2 amide bonds. The maximum Gasteiger partial charge on any atom is 0.313 e. The van der Waals surface area contributed by atoms with E-state index in [1.165, 1.54) is 4.90 Å². The molecule has 0 bridgehead atoms. The van der Waals surface area contributed by atoms with E-state index in [0.717, 1.165) is 5.56 Å². The summed E-state index contributed by atoms with van der Waals surface area (Å²) in [4.78, 5) is 26.2. The van der Waals surface area contributed by atoms with Gasteiger partial charge in [-0.05, 0) is 30.9 Å². The van der Waals surface area contributed by atoms with Crippen LogP contribution in [-0.4, -0.2) is 49.2 Å². The summed E-state index contributed by atoms with van der Waals surface area (Å²) in [5, 5.41) is 2.67. The lowest BCUT2D eigenvalue weighted by molar-refractivity contribution is -0.144. The molecule has 1 saturated heterocycles. The SMILES string of the molecule is CCN(C(=O)C(=O)Nc1ccccc1C(C)C)C1CCS(=O)(=O)C1. The van der Waals surface area contributed by atoms with E-state index in [-0.39, 0.29) is 17.4 Å². The highest BCUT2D eigenvalue weighted by molar-refractivity contribution is 7.91. The van der Waals surface area contributed by atoms with Crippen molar-refractivity contribution < 1.29 is 18.0 Å². The lowest BCUT2D eigenvalue weighted by Gasteiger charge is -2.26. The van der Waals surface area contributed by atoms with Gasteiger partial charge in [-0.2, -0.15) is 0 Å². The maximum absolute atomic E-state index is 12.5. The summed E-state index contributed by atoms with van der Waals surface area (Å²) in [6, 6.07) is 6.93. The number of sulfone groups is 1. The molecule has 24 heavy (non-hydrogen) atoms. The van der Waals surface area contributed by atoms with Crippen molar-refractivity contribution in [3.63, 3.8) is 0 Å². The van der Waals surface area contributed by atoms with Crippen molar-refractivity contribution in [2.75, 3.05) is 23.4 Å². The summed E-state index contributed by atoms with van der Waals surface area (Å²) in [6.07, 6.45) is 0.387. The van der Waals surface area contributed by atoms with Gasteiger partial charge in [0.15, 0.2) is 9.84 Å². The third-order valence-corrected chi connectivity index (χ3v) is 6.03. The molecule has 132 valence electrons. The van der Waals surface area contributed by atoms with E-state index in [2.05, 4.69) is 5.32 Å². The molecule has 0 aromatic heterocycles. The molecule has 1 aromatic rings. The number of benzene rings is 1. The smallest absolute Gasteiger partial charge is 0.313 e. The Balaban J connectivity index is 2.13. The topological polar surface area (TPSA) is 83.6 Å². The summed E-state index contributed by atoms with van der Waals surface area (Å²) in [5.41, 5.74) is 1.56. The zero-order valence-electron chi connectivity index (χ0n) is 14.3. The fourth-order valence-corrected chi connectivity index (χ4v) is 4.74. The van der Waals surface area contributed by atoms with Gasteiger partial charge in [0.1, 0.15) is 0 Å². The van der Waals surface area contributed by atoms with Crippen LogP contribution in [0.25, 0.3) is 0 Å². The third kappa shape index (κ3) is 4.14. The first-order chi connectivity index (χ1) is 11.2. The number of hydrogen-bond donors (Lipinski definition) is 1. The Morgan fingerprint density at radius 3 is 2.50 bits per heavy atom. The monoisotopic (exact) mass is 352 g/mol. The first-order valence-corrected chi connectivity index (χ1v) is 9.98. The van der Waals surface area contributed by atoms with Crippen molar-refractivity contribution in [1.82, 2.24) is 4.90 Å². The summed E-state index contributed by atoms with van der Waals surface area (Å²) >= 11 is 0. The van der Waals surface area contributed by atoms with Crippen molar-refractivity contribution >= 4 is 27.3 Å². The van der Waals surface area contributed by atoms with Crippen molar-refractivity contribution in [1.29, 1.82) is 0 Å². The van der Waals surface area contributed by atoms with Gasteiger partial charge < -0.3 is 10.2 Å². The van der Waals surface area contributed by atoms with Crippen molar-refractivity contribution in [2.24, 2.45) is 0 Å². The molecule has 1 N–H and O–H groups in total. The van der Waals surface area contributed by atoms with Crippen LogP contribution in [0, 0.1) is 0 Å². The third-order valence-electron chi connectivity index (χ3n) is 4.28. The van der Waals surface area contributed by atoms with E-state index < -0.39 is 27.7 Å². The van der Waals surface area contributed by atoms with Gasteiger partial charge >= 0.3 is 11.8 Å². The fraction of sp³-hybridized carbons (Fsp3) is 0.529. The van der Waals surface area contributed by atoms with E-state index in [4.69, 9.17) is 0 Å². The standard InChI is InChI=1S/C17H24N2O4S/c1-4-19(13-9-10-24(22,23)11-13)17(21)16(20)18-15-8-6-5-7-14(15)12(2)3/h5-8,12-13H,4,9-11H2,1-3H3,(H,18,20). The molecule has 1 aromatic carbocycles. The molecule has 1 fully saturated rings. The zero-order valence-corrected chi connectivity index (χ0v) is 15.1. The molecule has 1 unspecified atom stereocenters. The average molecular weight is 352 g/mol. The van der Waals surface area contributed by atoms with Crippen LogP contribution in [0.2, 0.25) is 0 Å². The number of anilines is 1. The Hall–Kier alpha value is -1.89. The zero-order chi connectivity index (χ0) is 17.9. The number of para-hydroxylation sites is 1. The summed E-state index contributed by atoms with van der Waals surface area (Å²) < 4.78 is 23.3. The Kier molecular flexibility index (Phi) is 5.64. The molecule has 0 radical (unpaired) electrons. The van der Waals surface area contributed by atoms with Crippen LogP contribution in [0.1, 0.15) is 38.7 Å².